The second-order valence-corrected chi connectivity index (χ2v) is 4.39. The van der Waals surface area contributed by atoms with Gasteiger partial charge in [-0.1, -0.05) is 6.07 Å². The van der Waals surface area contributed by atoms with E-state index in [9.17, 15) is 4.79 Å². The highest BCUT2D eigenvalue weighted by Crippen LogP contribution is 2.24. The topological polar surface area (TPSA) is 72.7 Å². The highest BCUT2D eigenvalue weighted by atomic mass is 16.2. The first-order valence-electron chi connectivity index (χ1n) is 5.94. The lowest BCUT2D eigenvalue weighted by molar-refractivity contribution is -0.116. The molecule has 0 saturated heterocycles. The Kier molecular flexibility index (Phi) is 2.76. The molecule has 1 heterocycles. The number of nitrogens with one attached hydrogen (secondary N) is 1. The van der Waals surface area contributed by atoms with Crippen LogP contribution >= 0.6 is 0 Å². The first-order valence-corrected chi connectivity index (χ1v) is 5.94. The van der Waals surface area contributed by atoms with Crippen molar-refractivity contribution in [2.45, 2.75) is 25.8 Å². The van der Waals surface area contributed by atoms with Crippen molar-refractivity contribution >= 4 is 11.6 Å². The van der Waals surface area contributed by atoms with Crippen LogP contribution in [0.3, 0.4) is 0 Å². The van der Waals surface area contributed by atoms with Crippen LogP contribution in [0.4, 0.5) is 5.69 Å². The first kappa shape index (κ1) is 10.9. The molecule has 92 valence electrons. The van der Waals surface area contributed by atoms with Gasteiger partial charge in [0.1, 0.15) is 12.9 Å². The number of carbonyl (C=O) groups excluding carboxylic acids is 1. The van der Waals surface area contributed by atoms with Crippen LogP contribution in [-0.2, 0) is 24.2 Å². The van der Waals surface area contributed by atoms with Gasteiger partial charge >= 0.3 is 0 Å². The summed E-state index contributed by atoms with van der Waals surface area (Å²) in [5.74, 6) is -0.125. The Labute approximate surface area is 104 Å². The van der Waals surface area contributed by atoms with E-state index in [1.54, 1.807) is 0 Å². The van der Waals surface area contributed by atoms with E-state index in [1.165, 1.54) is 28.6 Å². The van der Waals surface area contributed by atoms with Gasteiger partial charge in [0.15, 0.2) is 0 Å². The molecule has 1 aliphatic rings. The van der Waals surface area contributed by atoms with E-state index >= 15 is 0 Å². The van der Waals surface area contributed by atoms with Crippen molar-refractivity contribution in [3.63, 3.8) is 0 Å². The van der Waals surface area contributed by atoms with Crippen molar-refractivity contribution in [1.82, 2.24) is 20.2 Å². The molecule has 0 saturated carbocycles. The number of aromatic nitrogens is 4. The first-order chi connectivity index (χ1) is 8.81. The van der Waals surface area contributed by atoms with Crippen LogP contribution in [-0.4, -0.2) is 26.1 Å². The number of fused-ring (bicyclic) bond motifs is 1. The number of anilines is 1. The highest BCUT2D eigenvalue weighted by Gasteiger charge is 2.12. The van der Waals surface area contributed by atoms with Gasteiger partial charge in [-0.3, -0.25) is 4.79 Å². The quantitative estimate of drug-likeness (QED) is 0.865. The fraction of sp³-hybridized carbons (Fsp3) is 0.333. The van der Waals surface area contributed by atoms with E-state index < -0.39 is 0 Å². The summed E-state index contributed by atoms with van der Waals surface area (Å²) in [5, 5.41) is 13.5. The second-order valence-electron chi connectivity index (χ2n) is 4.39. The maximum Gasteiger partial charge on any atom is 0.246 e. The Morgan fingerprint density at radius 2 is 2.22 bits per heavy atom. The Bertz CT molecular complexity index is 564. The van der Waals surface area contributed by atoms with E-state index in [0.717, 1.165) is 18.5 Å². The van der Waals surface area contributed by atoms with E-state index in [0.29, 0.717) is 0 Å². The zero-order valence-electron chi connectivity index (χ0n) is 9.83. The highest BCUT2D eigenvalue weighted by molar-refractivity contribution is 5.90. The van der Waals surface area contributed by atoms with Crippen LogP contribution in [0.2, 0.25) is 0 Å². The number of hydrogen-bond acceptors (Lipinski definition) is 4. The van der Waals surface area contributed by atoms with E-state index in [1.807, 2.05) is 6.07 Å². The van der Waals surface area contributed by atoms with Crippen molar-refractivity contribution in [2.24, 2.45) is 0 Å². The van der Waals surface area contributed by atoms with Gasteiger partial charge in [-0.2, -0.15) is 0 Å². The Hall–Kier alpha value is -2.24. The van der Waals surface area contributed by atoms with Gasteiger partial charge in [0.2, 0.25) is 5.91 Å². The van der Waals surface area contributed by atoms with Crippen LogP contribution in [0, 0.1) is 0 Å². The number of nitrogens with zero attached hydrogens (tertiary/aromatic N) is 4. The third-order valence-electron chi connectivity index (χ3n) is 3.08. The van der Waals surface area contributed by atoms with Gasteiger partial charge in [-0.05, 0) is 52.9 Å². The van der Waals surface area contributed by atoms with Crippen molar-refractivity contribution < 1.29 is 4.79 Å². The lowest BCUT2D eigenvalue weighted by Gasteiger charge is -2.07. The van der Waals surface area contributed by atoms with Crippen LogP contribution in [0.1, 0.15) is 17.5 Å². The molecule has 6 nitrogen and oxygen atoms in total. The summed E-state index contributed by atoms with van der Waals surface area (Å²) in [6, 6.07) is 6.09. The Balaban J connectivity index is 1.67. The summed E-state index contributed by atoms with van der Waals surface area (Å²) in [5.41, 5.74) is 3.58. The van der Waals surface area contributed by atoms with E-state index in [4.69, 9.17) is 0 Å². The largest absolute Gasteiger partial charge is 0.324 e. The molecular formula is C12H13N5O. The molecule has 1 aliphatic carbocycles. The molecule has 0 fully saturated rings. The smallest absolute Gasteiger partial charge is 0.246 e. The third-order valence-corrected chi connectivity index (χ3v) is 3.08. The van der Waals surface area contributed by atoms with Gasteiger partial charge in [0.25, 0.3) is 0 Å². The summed E-state index contributed by atoms with van der Waals surface area (Å²) in [4.78, 5) is 11.8. The summed E-state index contributed by atoms with van der Waals surface area (Å²) < 4.78 is 1.39. The minimum Gasteiger partial charge on any atom is -0.324 e. The molecule has 18 heavy (non-hydrogen) atoms. The number of rotatable bonds is 3. The molecule has 2 aromatic rings. The molecule has 0 aliphatic heterocycles. The number of aryl methyl sites for hydroxylation is 2. The molecule has 3 rings (SSSR count). The minimum absolute atomic E-state index is 0.125. The molecule has 1 amide bonds. The van der Waals surface area contributed by atoms with Crippen LogP contribution in [0.5, 0.6) is 0 Å². The predicted molar refractivity (Wildman–Crippen MR) is 64.9 cm³/mol. The van der Waals surface area contributed by atoms with Gasteiger partial charge < -0.3 is 5.32 Å². The number of hydrogen-bond donors (Lipinski definition) is 1. The second kappa shape index (κ2) is 4.56. The molecule has 1 aromatic carbocycles. The fourth-order valence-electron chi connectivity index (χ4n) is 2.25. The maximum absolute atomic E-state index is 11.8. The number of benzene rings is 1. The number of amides is 1. The van der Waals surface area contributed by atoms with Gasteiger partial charge in [0.05, 0.1) is 0 Å². The van der Waals surface area contributed by atoms with Crippen LogP contribution in [0.25, 0.3) is 0 Å². The molecule has 0 radical (unpaired) electrons. The van der Waals surface area contributed by atoms with Crippen molar-refractivity contribution in [3.05, 3.63) is 35.7 Å². The third kappa shape index (κ3) is 2.22. The van der Waals surface area contributed by atoms with Gasteiger partial charge in [-0.25, -0.2) is 4.68 Å². The summed E-state index contributed by atoms with van der Waals surface area (Å²) >= 11 is 0. The van der Waals surface area contributed by atoms with Crippen molar-refractivity contribution in [2.75, 3.05) is 5.32 Å². The zero-order chi connectivity index (χ0) is 12.4. The fourth-order valence-corrected chi connectivity index (χ4v) is 2.25. The van der Waals surface area contributed by atoms with Crippen molar-refractivity contribution in [3.8, 4) is 0 Å². The minimum atomic E-state index is -0.125. The molecule has 0 unspecified atom stereocenters. The SMILES string of the molecule is O=C(Cn1cnnn1)Nc1ccc2c(c1)CCC2. The molecule has 0 bridgehead atoms. The average Bonchev–Trinajstić information content (AvgIpc) is 2.98. The molecule has 0 atom stereocenters. The summed E-state index contributed by atoms with van der Waals surface area (Å²) in [6.07, 6.45) is 4.87. The number of carbonyl (C=O) groups is 1. The van der Waals surface area contributed by atoms with Crippen LogP contribution < -0.4 is 5.32 Å². The van der Waals surface area contributed by atoms with Gasteiger partial charge in [-0.15, -0.1) is 5.10 Å². The van der Waals surface area contributed by atoms with E-state index in [2.05, 4.69) is 33.0 Å². The lowest BCUT2D eigenvalue weighted by atomic mass is 10.1. The summed E-state index contributed by atoms with van der Waals surface area (Å²) in [7, 11) is 0. The lowest BCUT2D eigenvalue weighted by Crippen LogP contribution is -2.19. The zero-order valence-corrected chi connectivity index (χ0v) is 9.83. The number of tetrazole rings is 1. The molecule has 0 spiro atoms. The predicted octanol–water partition coefficient (Wildman–Crippen LogP) is 0.800. The molecular weight excluding hydrogens is 230 g/mol. The summed E-state index contributed by atoms with van der Waals surface area (Å²) in [6.45, 7) is 0.129. The van der Waals surface area contributed by atoms with Crippen LogP contribution in [0.15, 0.2) is 24.5 Å². The average molecular weight is 243 g/mol. The normalized spacial score (nSPS) is 13.3. The van der Waals surface area contributed by atoms with Gasteiger partial charge in [0, 0.05) is 5.69 Å². The Morgan fingerprint density at radius 3 is 3.06 bits per heavy atom. The standard InChI is InChI=1S/C12H13N5O/c18-12(7-17-8-13-15-16-17)14-11-5-4-9-2-1-3-10(9)6-11/h4-6,8H,1-3,7H2,(H,14,18). The maximum atomic E-state index is 11.8. The molecule has 1 aromatic heterocycles. The molecule has 6 heteroatoms. The van der Waals surface area contributed by atoms with Crippen molar-refractivity contribution in [1.29, 1.82) is 0 Å². The monoisotopic (exact) mass is 243 g/mol. The Morgan fingerprint density at radius 1 is 1.33 bits per heavy atom. The molecule has 1 N–H and O–H groups in total. The van der Waals surface area contributed by atoms with E-state index in [-0.39, 0.29) is 12.5 Å².